The van der Waals surface area contributed by atoms with Gasteiger partial charge in [0.25, 0.3) is 11.8 Å². The van der Waals surface area contributed by atoms with Crippen LogP contribution in [0.4, 0.5) is 0 Å². The highest BCUT2D eigenvalue weighted by atomic mass is 16.5. The number of ketones is 1. The van der Waals surface area contributed by atoms with Crippen LogP contribution in [0.15, 0.2) is 12.2 Å². The zero-order chi connectivity index (χ0) is 31.0. The van der Waals surface area contributed by atoms with Crippen LogP contribution in [0.5, 0.6) is 0 Å². The fourth-order valence-electron chi connectivity index (χ4n) is 3.67. The molecule has 0 saturated heterocycles. The minimum absolute atomic E-state index is 0.0267. The summed E-state index contributed by atoms with van der Waals surface area (Å²) in [7, 11) is 0. The number of hydrogen-bond donors (Lipinski definition) is 2. The second-order valence-electron chi connectivity index (χ2n) is 11.6. The summed E-state index contributed by atoms with van der Waals surface area (Å²) in [5, 5.41) is 5.49. The van der Waals surface area contributed by atoms with Gasteiger partial charge in [-0.3, -0.25) is 33.7 Å². The number of carbonyl (C=O) groups excluding carboxylic acids is 6. The van der Waals surface area contributed by atoms with Crippen molar-refractivity contribution in [2.24, 2.45) is 17.3 Å². The molecule has 0 aromatic rings. The Bertz CT molecular complexity index is 922. The fourth-order valence-corrected chi connectivity index (χ4v) is 3.67. The van der Waals surface area contributed by atoms with E-state index >= 15 is 0 Å². The van der Waals surface area contributed by atoms with Crippen LogP contribution in [0, 0.1) is 17.3 Å². The average Bonchev–Trinajstić information content (AvgIpc) is 3.21. The van der Waals surface area contributed by atoms with Gasteiger partial charge in [0.2, 0.25) is 11.8 Å². The molecule has 0 fully saturated rings. The first-order valence-electron chi connectivity index (χ1n) is 14.2. The molecule has 41 heavy (non-hydrogen) atoms. The Morgan fingerprint density at radius 3 is 2.10 bits per heavy atom. The molecule has 1 heterocycles. The Hall–Kier alpha value is -3.12. The largest absolute Gasteiger partial charge is 0.465 e. The molecular formula is C29H47N3O9. The van der Waals surface area contributed by atoms with Gasteiger partial charge in [-0.15, -0.1) is 0 Å². The zero-order valence-corrected chi connectivity index (χ0v) is 25.3. The number of Topliss-reactive ketones (excluding diaryl/α,β-unsaturated/α-hetero) is 1. The number of rotatable bonds is 20. The summed E-state index contributed by atoms with van der Waals surface area (Å²) in [5.41, 5.74) is -0.108. The summed E-state index contributed by atoms with van der Waals surface area (Å²) < 4.78 is 15.9. The Kier molecular flexibility index (Phi) is 16.1. The molecule has 0 aromatic carbocycles. The summed E-state index contributed by atoms with van der Waals surface area (Å²) in [6, 6.07) is -0.732. The van der Waals surface area contributed by atoms with Crippen molar-refractivity contribution in [1.82, 2.24) is 15.5 Å². The maximum Gasteiger partial charge on any atom is 0.305 e. The number of amides is 4. The van der Waals surface area contributed by atoms with E-state index in [1.807, 2.05) is 34.6 Å². The van der Waals surface area contributed by atoms with Crippen molar-refractivity contribution in [3.8, 4) is 0 Å². The smallest absolute Gasteiger partial charge is 0.305 e. The molecule has 1 rings (SSSR count). The number of esters is 1. The van der Waals surface area contributed by atoms with Crippen LogP contribution in [0.25, 0.3) is 0 Å². The second-order valence-corrected chi connectivity index (χ2v) is 11.6. The average molecular weight is 582 g/mol. The third-order valence-corrected chi connectivity index (χ3v) is 6.01. The number of imide groups is 1. The third-order valence-electron chi connectivity index (χ3n) is 6.01. The van der Waals surface area contributed by atoms with E-state index in [0.717, 1.165) is 4.90 Å². The summed E-state index contributed by atoms with van der Waals surface area (Å²) in [5.74, 6) is -2.66. The standard InChI is InChI=1S/C29H47N3O9/c1-20(2)27(22(33)18-21(3)28(38)30-12-7-8-26(37)41-19-29(4,5)6)31-23(34)11-14-39-16-17-40-15-13-32-24(35)9-10-25(32)36/h9-10,20-21,27H,7-8,11-19H2,1-6H3,(H,30,38)(H,31,34)/t21-,27+/m1/s1. The van der Waals surface area contributed by atoms with Crippen molar-refractivity contribution in [1.29, 1.82) is 0 Å². The van der Waals surface area contributed by atoms with Gasteiger partial charge in [0.15, 0.2) is 5.78 Å². The minimum Gasteiger partial charge on any atom is -0.465 e. The molecule has 0 bridgehead atoms. The van der Waals surface area contributed by atoms with E-state index in [0.29, 0.717) is 19.6 Å². The number of carbonyl (C=O) groups is 6. The lowest BCUT2D eigenvalue weighted by Crippen LogP contribution is -2.46. The lowest BCUT2D eigenvalue weighted by atomic mass is 9.92. The molecule has 0 radical (unpaired) electrons. The quantitative estimate of drug-likeness (QED) is 0.124. The molecular weight excluding hydrogens is 534 g/mol. The van der Waals surface area contributed by atoms with Crippen LogP contribution in [0.3, 0.4) is 0 Å². The van der Waals surface area contributed by atoms with E-state index in [-0.39, 0.29) is 98.9 Å². The van der Waals surface area contributed by atoms with Crippen LogP contribution in [0.2, 0.25) is 0 Å². The van der Waals surface area contributed by atoms with Crippen molar-refractivity contribution < 1.29 is 43.0 Å². The lowest BCUT2D eigenvalue weighted by Gasteiger charge is -2.23. The molecule has 0 saturated carbocycles. The molecule has 12 heteroatoms. The van der Waals surface area contributed by atoms with Gasteiger partial charge in [0, 0.05) is 43.9 Å². The van der Waals surface area contributed by atoms with Crippen LogP contribution < -0.4 is 10.6 Å². The van der Waals surface area contributed by atoms with E-state index in [2.05, 4.69) is 10.6 Å². The lowest BCUT2D eigenvalue weighted by molar-refractivity contribution is -0.146. The molecule has 2 N–H and O–H groups in total. The predicted molar refractivity (Wildman–Crippen MR) is 150 cm³/mol. The maximum atomic E-state index is 12.9. The van der Waals surface area contributed by atoms with Crippen molar-refractivity contribution in [3.05, 3.63) is 12.2 Å². The van der Waals surface area contributed by atoms with Crippen molar-refractivity contribution >= 4 is 35.4 Å². The molecule has 0 aliphatic carbocycles. The molecule has 1 aliphatic heterocycles. The van der Waals surface area contributed by atoms with Gasteiger partial charge in [0.1, 0.15) is 0 Å². The first kappa shape index (κ1) is 35.9. The topological polar surface area (TPSA) is 157 Å². The Morgan fingerprint density at radius 1 is 0.902 bits per heavy atom. The van der Waals surface area contributed by atoms with Crippen LogP contribution in [-0.4, -0.2) is 92.4 Å². The van der Waals surface area contributed by atoms with Crippen LogP contribution >= 0.6 is 0 Å². The van der Waals surface area contributed by atoms with Gasteiger partial charge in [-0.1, -0.05) is 41.5 Å². The van der Waals surface area contributed by atoms with Gasteiger partial charge in [-0.05, 0) is 17.8 Å². The first-order valence-corrected chi connectivity index (χ1v) is 14.2. The van der Waals surface area contributed by atoms with Crippen molar-refractivity contribution in [2.75, 3.05) is 46.1 Å². The van der Waals surface area contributed by atoms with Crippen molar-refractivity contribution in [2.45, 2.75) is 73.3 Å². The third kappa shape index (κ3) is 15.5. The van der Waals surface area contributed by atoms with E-state index in [9.17, 15) is 28.8 Å². The molecule has 4 amide bonds. The Balaban J connectivity index is 2.24. The molecule has 232 valence electrons. The highest BCUT2D eigenvalue weighted by Crippen LogP contribution is 2.14. The number of nitrogens with zero attached hydrogens (tertiary/aromatic N) is 1. The molecule has 0 aromatic heterocycles. The predicted octanol–water partition coefficient (Wildman–Crippen LogP) is 1.56. The van der Waals surface area contributed by atoms with E-state index < -0.39 is 12.0 Å². The Labute approximate surface area is 242 Å². The summed E-state index contributed by atoms with van der Waals surface area (Å²) >= 11 is 0. The molecule has 12 nitrogen and oxygen atoms in total. The minimum atomic E-state index is -0.732. The number of hydrogen-bond acceptors (Lipinski definition) is 9. The maximum absolute atomic E-state index is 12.9. The summed E-state index contributed by atoms with van der Waals surface area (Å²) in [4.78, 5) is 73.5. The summed E-state index contributed by atoms with van der Waals surface area (Å²) in [6.45, 7) is 12.8. The molecule has 2 atom stereocenters. The molecule has 0 unspecified atom stereocenters. The first-order chi connectivity index (χ1) is 19.2. The number of ether oxygens (including phenoxy) is 3. The monoisotopic (exact) mass is 581 g/mol. The van der Waals surface area contributed by atoms with Gasteiger partial charge in [-0.2, -0.15) is 0 Å². The normalized spacial score (nSPS) is 14.8. The van der Waals surface area contributed by atoms with E-state index in [4.69, 9.17) is 14.2 Å². The Morgan fingerprint density at radius 2 is 1.51 bits per heavy atom. The highest BCUT2D eigenvalue weighted by molar-refractivity contribution is 6.12. The van der Waals surface area contributed by atoms with E-state index in [1.165, 1.54) is 12.2 Å². The van der Waals surface area contributed by atoms with Gasteiger partial charge in [-0.25, -0.2) is 0 Å². The second kappa shape index (κ2) is 18.3. The zero-order valence-electron chi connectivity index (χ0n) is 25.3. The fraction of sp³-hybridized carbons (Fsp3) is 0.724. The van der Waals surface area contributed by atoms with E-state index in [1.54, 1.807) is 6.92 Å². The van der Waals surface area contributed by atoms with Crippen LogP contribution in [-0.2, 0) is 43.0 Å². The summed E-state index contributed by atoms with van der Waals surface area (Å²) in [6.07, 6.45) is 3.08. The molecule has 1 aliphatic rings. The SMILES string of the molecule is CC(C)[C@H](NC(=O)CCOCCOCCN1C(=O)C=CC1=O)C(=O)C[C@@H](C)C(=O)NCCCC(=O)OCC(C)(C)C. The van der Waals surface area contributed by atoms with Gasteiger partial charge in [0.05, 0.1) is 45.6 Å². The van der Waals surface area contributed by atoms with Crippen molar-refractivity contribution in [3.63, 3.8) is 0 Å². The van der Waals surface area contributed by atoms with Gasteiger partial charge < -0.3 is 24.8 Å². The highest BCUT2D eigenvalue weighted by Gasteiger charge is 2.27. The van der Waals surface area contributed by atoms with Crippen LogP contribution in [0.1, 0.15) is 67.2 Å². The molecule has 0 spiro atoms. The van der Waals surface area contributed by atoms with Gasteiger partial charge >= 0.3 is 5.97 Å². The number of nitrogens with one attached hydrogen (secondary N) is 2.